The predicted octanol–water partition coefficient (Wildman–Crippen LogP) is 3.59. The van der Waals surface area contributed by atoms with E-state index in [-0.39, 0.29) is 5.78 Å². The molecular formula is C13H17BrO. The van der Waals surface area contributed by atoms with Crippen LogP contribution in [-0.4, -0.2) is 10.1 Å². The highest BCUT2D eigenvalue weighted by Crippen LogP contribution is 2.22. The van der Waals surface area contributed by atoms with Crippen LogP contribution < -0.4 is 0 Å². The summed E-state index contributed by atoms with van der Waals surface area (Å²) < 4.78 is -0.429. The average Bonchev–Trinajstić information content (AvgIpc) is 2.09. The predicted molar refractivity (Wildman–Crippen MR) is 67.6 cm³/mol. The molecular weight excluding hydrogens is 252 g/mol. The highest BCUT2D eigenvalue weighted by Gasteiger charge is 2.24. The minimum atomic E-state index is -0.429. The van der Waals surface area contributed by atoms with E-state index < -0.39 is 4.32 Å². The molecule has 0 saturated carbocycles. The average molecular weight is 269 g/mol. The van der Waals surface area contributed by atoms with Gasteiger partial charge in [0.25, 0.3) is 0 Å². The van der Waals surface area contributed by atoms with Gasteiger partial charge in [-0.15, -0.1) is 0 Å². The fourth-order valence-corrected chi connectivity index (χ4v) is 1.64. The van der Waals surface area contributed by atoms with Crippen molar-refractivity contribution in [2.24, 2.45) is 0 Å². The first-order valence-electron chi connectivity index (χ1n) is 5.09. The van der Waals surface area contributed by atoms with E-state index in [9.17, 15) is 4.79 Å². The van der Waals surface area contributed by atoms with E-state index in [2.05, 4.69) is 41.9 Å². The highest BCUT2D eigenvalue weighted by atomic mass is 79.9. The van der Waals surface area contributed by atoms with Crippen LogP contribution in [0.5, 0.6) is 0 Å². The number of benzene rings is 1. The zero-order chi connectivity index (χ0) is 11.6. The monoisotopic (exact) mass is 268 g/mol. The lowest BCUT2D eigenvalue weighted by Gasteiger charge is -2.16. The molecule has 0 radical (unpaired) electrons. The van der Waals surface area contributed by atoms with Crippen LogP contribution in [0.4, 0.5) is 0 Å². The van der Waals surface area contributed by atoms with Gasteiger partial charge in [0.1, 0.15) is 0 Å². The minimum Gasteiger partial charge on any atom is -0.298 e. The van der Waals surface area contributed by atoms with E-state index in [1.807, 2.05) is 19.9 Å². The van der Waals surface area contributed by atoms with E-state index >= 15 is 0 Å². The van der Waals surface area contributed by atoms with Crippen molar-refractivity contribution in [1.82, 2.24) is 0 Å². The summed E-state index contributed by atoms with van der Waals surface area (Å²) in [5.74, 6) is 0.222. The van der Waals surface area contributed by atoms with Crippen LogP contribution in [0, 0.1) is 13.8 Å². The van der Waals surface area contributed by atoms with E-state index in [1.54, 1.807) is 0 Å². The van der Waals surface area contributed by atoms with Crippen LogP contribution in [0.3, 0.4) is 0 Å². The van der Waals surface area contributed by atoms with E-state index in [1.165, 1.54) is 11.1 Å². The van der Waals surface area contributed by atoms with Gasteiger partial charge in [-0.2, -0.15) is 0 Å². The third-order valence-corrected chi connectivity index (χ3v) is 3.09. The van der Waals surface area contributed by atoms with Crippen molar-refractivity contribution in [2.75, 3.05) is 0 Å². The molecule has 1 nitrogen and oxygen atoms in total. The van der Waals surface area contributed by atoms with Crippen LogP contribution >= 0.6 is 15.9 Å². The normalized spacial score (nSPS) is 11.5. The fraction of sp³-hybridized carbons (Fsp3) is 0.462. The summed E-state index contributed by atoms with van der Waals surface area (Å²) in [6.45, 7) is 7.89. The largest absolute Gasteiger partial charge is 0.298 e. The first kappa shape index (κ1) is 12.4. The highest BCUT2D eigenvalue weighted by molar-refractivity contribution is 9.10. The molecule has 0 spiro atoms. The summed E-state index contributed by atoms with van der Waals surface area (Å²) in [4.78, 5) is 11.9. The second-order valence-corrected chi connectivity index (χ2v) is 6.43. The van der Waals surface area contributed by atoms with Crippen LogP contribution in [0.15, 0.2) is 18.2 Å². The molecule has 0 aromatic heterocycles. The van der Waals surface area contributed by atoms with Gasteiger partial charge in [0.15, 0.2) is 5.78 Å². The number of carbonyl (C=O) groups is 1. The molecule has 0 aliphatic heterocycles. The van der Waals surface area contributed by atoms with Crippen molar-refractivity contribution in [2.45, 2.75) is 38.4 Å². The summed E-state index contributed by atoms with van der Waals surface area (Å²) >= 11 is 3.40. The Labute approximate surface area is 100 Å². The summed E-state index contributed by atoms with van der Waals surface area (Å²) in [5.41, 5.74) is 3.55. The molecule has 0 N–H and O–H groups in total. The number of hydrogen-bond donors (Lipinski definition) is 0. The van der Waals surface area contributed by atoms with Crippen LogP contribution in [0.2, 0.25) is 0 Å². The van der Waals surface area contributed by atoms with E-state index in [0.717, 1.165) is 5.56 Å². The number of carbonyl (C=O) groups excluding carboxylic acids is 1. The van der Waals surface area contributed by atoms with Gasteiger partial charge in [-0.25, -0.2) is 0 Å². The summed E-state index contributed by atoms with van der Waals surface area (Å²) in [7, 11) is 0. The van der Waals surface area contributed by atoms with Crippen LogP contribution in [-0.2, 0) is 11.2 Å². The number of alkyl halides is 1. The second kappa shape index (κ2) is 4.48. The van der Waals surface area contributed by atoms with Gasteiger partial charge in [0.2, 0.25) is 0 Å². The quantitative estimate of drug-likeness (QED) is 0.766. The van der Waals surface area contributed by atoms with Crippen molar-refractivity contribution < 1.29 is 4.79 Å². The van der Waals surface area contributed by atoms with Crippen molar-refractivity contribution in [3.8, 4) is 0 Å². The van der Waals surface area contributed by atoms with Gasteiger partial charge in [0, 0.05) is 6.42 Å². The Morgan fingerprint density at radius 3 is 2.13 bits per heavy atom. The SMILES string of the molecule is Cc1cccc(C)c1CC(=O)C(C)(C)Br. The molecule has 0 aliphatic carbocycles. The third kappa shape index (κ3) is 3.16. The van der Waals surface area contributed by atoms with Crippen LogP contribution in [0.25, 0.3) is 0 Å². The van der Waals surface area contributed by atoms with Gasteiger partial charge in [0.05, 0.1) is 4.32 Å². The van der Waals surface area contributed by atoms with Crippen molar-refractivity contribution >= 4 is 21.7 Å². The van der Waals surface area contributed by atoms with Gasteiger partial charge in [-0.1, -0.05) is 34.1 Å². The molecule has 0 fully saturated rings. The maximum atomic E-state index is 11.9. The number of rotatable bonds is 3. The Morgan fingerprint density at radius 2 is 1.73 bits per heavy atom. The Bertz CT molecular complexity index is 354. The minimum absolute atomic E-state index is 0.222. The number of Topliss-reactive ketones (excluding diaryl/α,β-unsaturated/α-hetero) is 1. The molecule has 1 aromatic rings. The smallest absolute Gasteiger partial charge is 0.153 e. The lowest BCUT2D eigenvalue weighted by atomic mass is 9.94. The maximum Gasteiger partial charge on any atom is 0.153 e. The number of halogens is 1. The fourth-order valence-electron chi connectivity index (χ4n) is 1.50. The Kier molecular flexibility index (Phi) is 3.72. The molecule has 1 rings (SSSR count). The standard InChI is InChI=1S/C13H17BrO/c1-9-6-5-7-10(2)11(9)8-12(15)13(3,4)14/h5-7H,8H2,1-4H3. The Balaban J connectivity index is 2.95. The molecule has 1 aromatic carbocycles. The number of hydrogen-bond acceptors (Lipinski definition) is 1. The Morgan fingerprint density at radius 1 is 1.27 bits per heavy atom. The molecule has 0 atom stereocenters. The second-order valence-electron chi connectivity index (χ2n) is 4.44. The van der Waals surface area contributed by atoms with E-state index in [4.69, 9.17) is 0 Å². The zero-order valence-electron chi connectivity index (χ0n) is 9.73. The van der Waals surface area contributed by atoms with Gasteiger partial charge < -0.3 is 0 Å². The lowest BCUT2D eigenvalue weighted by Crippen LogP contribution is -2.26. The first-order valence-corrected chi connectivity index (χ1v) is 5.89. The topological polar surface area (TPSA) is 17.1 Å². The first-order chi connectivity index (χ1) is 6.82. The zero-order valence-corrected chi connectivity index (χ0v) is 11.3. The molecule has 82 valence electrons. The molecule has 0 heterocycles. The summed E-state index contributed by atoms with van der Waals surface area (Å²) in [5, 5.41) is 0. The Hall–Kier alpha value is -0.630. The number of ketones is 1. The van der Waals surface area contributed by atoms with Crippen molar-refractivity contribution in [1.29, 1.82) is 0 Å². The number of aryl methyl sites for hydroxylation is 2. The van der Waals surface area contributed by atoms with Crippen molar-refractivity contribution in [3.63, 3.8) is 0 Å². The maximum absolute atomic E-state index is 11.9. The molecule has 0 amide bonds. The molecule has 0 aliphatic rings. The van der Waals surface area contributed by atoms with Gasteiger partial charge in [-0.05, 0) is 44.4 Å². The lowest BCUT2D eigenvalue weighted by molar-refractivity contribution is -0.119. The molecule has 2 heteroatoms. The molecule has 0 bridgehead atoms. The molecule has 15 heavy (non-hydrogen) atoms. The third-order valence-electron chi connectivity index (χ3n) is 2.64. The van der Waals surface area contributed by atoms with E-state index in [0.29, 0.717) is 6.42 Å². The van der Waals surface area contributed by atoms with Gasteiger partial charge in [-0.3, -0.25) is 4.79 Å². The van der Waals surface area contributed by atoms with Crippen LogP contribution in [0.1, 0.15) is 30.5 Å². The summed E-state index contributed by atoms with van der Waals surface area (Å²) in [6, 6.07) is 6.13. The van der Waals surface area contributed by atoms with Gasteiger partial charge >= 0.3 is 0 Å². The summed E-state index contributed by atoms with van der Waals surface area (Å²) in [6.07, 6.45) is 0.511. The molecule has 0 unspecified atom stereocenters. The van der Waals surface area contributed by atoms with Crippen molar-refractivity contribution in [3.05, 3.63) is 34.9 Å². The molecule has 0 saturated heterocycles.